The Morgan fingerprint density at radius 3 is 1.52 bits per heavy atom. The number of aliphatic hydroxyl groups excluding tert-OH is 2. The first-order valence-corrected chi connectivity index (χ1v) is 18.9. The van der Waals surface area contributed by atoms with E-state index in [1.807, 2.05) is 5.43 Å². The Kier molecular flexibility index (Phi) is 21.6. The number of hydrogen-bond donors (Lipinski definition) is 8. The van der Waals surface area contributed by atoms with Crippen molar-refractivity contribution in [3.63, 3.8) is 0 Å². The lowest BCUT2D eigenvalue weighted by Crippen LogP contribution is -2.40. The number of benzene rings is 4. The van der Waals surface area contributed by atoms with Crippen molar-refractivity contribution in [2.45, 2.75) is 60.2 Å². The molecule has 60 heavy (non-hydrogen) atoms. The van der Waals surface area contributed by atoms with Crippen LogP contribution in [0.5, 0.6) is 11.5 Å². The van der Waals surface area contributed by atoms with Crippen LogP contribution >= 0.6 is 46.4 Å². The van der Waals surface area contributed by atoms with Gasteiger partial charge in [-0.15, -0.1) is 0 Å². The summed E-state index contributed by atoms with van der Waals surface area (Å²) in [6, 6.07) is 14.7. The molecule has 0 heterocycles. The Morgan fingerprint density at radius 2 is 1.13 bits per heavy atom. The summed E-state index contributed by atoms with van der Waals surface area (Å²) < 4.78 is 0. The second-order valence-corrected chi connectivity index (χ2v) is 14.5. The van der Waals surface area contributed by atoms with E-state index in [1.54, 1.807) is 38.1 Å². The smallest absolute Gasteiger partial charge is 0.309 e. The van der Waals surface area contributed by atoms with Gasteiger partial charge in [-0.25, -0.2) is 15.5 Å². The molecule has 320 valence electrons. The summed E-state index contributed by atoms with van der Waals surface area (Å²) >= 11 is 23.5. The van der Waals surface area contributed by atoms with Crippen molar-refractivity contribution >= 4 is 81.3 Å². The molecule has 0 aliphatic carbocycles. The van der Waals surface area contributed by atoms with E-state index in [9.17, 15) is 34.5 Å². The Hall–Kier alpha value is -5.42. The molecule has 0 aromatic heterocycles. The molecular weight excluding hydrogens is 860 g/mol. The fourth-order valence-electron chi connectivity index (χ4n) is 5.27. The highest BCUT2D eigenvalue weighted by Gasteiger charge is 2.27. The molecule has 0 fully saturated rings. The molecule has 0 spiro atoms. The zero-order valence-corrected chi connectivity index (χ0v) is 35.1. The lowest BCUT2D eigenvalue weighted by molar-refractivity contribution is -0.145. The van der Waals surface area contributed by atoms with Crippen LogP contribution in [0.25, 0.3) is 9.69 Å². The third-order valence-corrected chi connectivity index (χ3v) is 10.5. The van der Waals surface area contributed by atoms with Crippen LogP contribution < -0.4 is 16.6 Å². The Labute approximate surface area is 368 Å². The molecule has 0 aliphatic rings. The highest BCUT2D eigenvalue weighted by Crippen LogP contribution is 2.33. The monoisotopic (exact) mass is 903 g/mol. The number of Topliss-reactive ketones (excluding diaryl/α,β-unsaturated/α-hetero) is 1. The van der Waals surface area contributed by atoms with Crippen LogP contribution in [0.4, 0.5) is 11.4 Å². The summed E-state index contributed by atoms with van der Waals surface area (Å²) in [5.41, 5.74) is 6.02. The second kappa shape index (κ2) is 24.6. The molecule has 0 aliphatic heterocycles. The average Bonchev–Trinajstić information content (AvgIpc) is 3.19. The SMILES string of the molecule is C.NNC(=O)c1ccc(O)c(Cl)c1.[C-]#[N+]c1ccc(C[C@@H](C(=O)NCC(=O)c2ccc(O)c(Cl)c2)[C@@H](C)O)c(C)c1Cl.[C-]#[N+]c1ccc(C[C@@H](C(=O)O)[C@@H](C)O)c(C)c1Cl. The minimum atomic E-state index is -1.05. The predicted octanol–water partition coefficient (Wildman–Crippen LogP) is 8.21. The minimum Gasteiger partial charge on any atom is -0.506 e. The first-order chi connectivity index (χ1) is 27.7. The Morgan fingerprint density at radius 1 is 0.717 bits per heavy atom. The molecule has 4 rings (SSSR count). The molecule has 18 heteroatoms. The number of hydrogen-bond acceptors (Lipinski definition) is 9. The summed E-state index contributed by atoms with van der Waals surface area (Å²) in [4.78, 5) is 53.4. The zero-order chi connectivity index (χ0) is 44.7. The van der Waals surface area contributed by atoms with Gasteiger partial charge in [0.15, 0.2) is 5.78 Å². The number of aliphatic carboxylic acids is 1. The predicted molar refractivity (Wildman–Crippen MR) is 232 cm³/mol. The van der Waals surface area contributed by atoms with Crippen LogP contribution in [0, 0.1) is 38.8 Å². The van der Waals surface area contributed by atoms with Gasteiger partial charge in [0.25, 0.3) is 5.91 Å². The Bertz CT molecular complexity index is 2270. The van der Waals surface area contributed by atoms with Gasteiger partial charge in [-0.1, -0.05) is 78.1 Å². The van der Waals surface area contributed by atoms with Crippen LogP contribution in [0.15, 0.2) is 60.7 Å². The lowest BCUT2D eigenvalue weighted by atomic mass is 9.91. The minimum absolute atomic E-state index is 0. The van der Waals surface area contributed by atoms with Gasteiger partial charge >= 0.3 is 5.97 Å². The maximum Gasteiger partial charge on any atom is 0.309 e. The van der Waals surface area contributed by atoms with Crippen molar-refractivity contribution in [3.8, 4) is 11.5 Å². The van der Waals surface area contributed by atoms with Crippen molar-refractivity contribution in [3.05, 3.63) is 137 Å². The molecule has 0 radical (unpaired) electrons. The Balaban J connectivity index is 0.000000494. The summed E-state index contributed by atoms with van der Waals surface area (Å²) in [5, 5.41) is 50.3. The number of nitrogens with one attached hydrogen (secondary N) is 2. The van der Waals surface area contributed by atoms with Gasteiger partial charge in [-0.3, -0.25) is 24.6 Å². The summed E-state index contributed by atoms with van der Waals surface area (Å²) in [6.45, 7) is 20.2. The standard InChI is InChI=1S/C21H20Cl2N2O4.C13H14ClNO3.C7H7ClN2O2.CH4/c1-11-13(4-6-17(24-3)20(11)23)8-15(12(2)26)21(29)25-10-19(28)14-5-7-18(27)16(22)9-14;1-7-9(4-5-11(15-3)12(7)14)6-10(8(2)16)13(17)18;8-5-3-4(7(12)10-9)1-2-6(5)11;/h4-7,9,12,15,26-27H,8,10H2,1-2H3,(H,25,29);4-5,8,10,16H,6H2,1-2H3,(H,17,18);1-3,11H,9H2,(H,10,12);1H4/t12-,15-;8-,10-;;/m11../s1. The fourth-order valence-corrected chi connectivity index (χ4v) is 6.08. The highest BCUT2D eigenvalue weighted by molar-refractivity contribution is 6.34. The van der Waals surface area contributed by atoms with E-state index in [0.29, 0.717) is 38.1 Å². The summed E-state index contributed by atoms with van der Waals surface area (Å²) in [7, 11) is 0. The number of carboxylic acid groups (broad SMARTS) is 1. The molecular formula is C42H45Cl4N5O9. The zero-order valence-electron chi connectivity index (χ0n) is 32.1. The number of aliphatic hydroxyl groups is 2. The molecule has 0 saturated heterocycles. The van der Waals surface area contributed by atoms with Crippen molar-refractivity contribution in [2.24, 2.45) is 17.7 Å². The first kappa shape index (κ1) is 52.6. The number of carbonyl (C=O) groups is 4. The number of amides is 2. The van der Waals surface area contributed by atoms with Crippen LogP contribution in [0.3, 0.4) is 0 Å². The normalized spacial score (nSPS) is 12.2. The largest absolute Gasteiger partial charge is 0.506 e. The molecule has 14 nitrogen and oxygen atoms in total. The molecule has 2 amide bonds. The van der Waals surface area contributed by atoms with Crippen LogP contribution in [-0.4, -0.2) is 67.9 Å². The number of phenols is 2. The van der Waals surface area contributed by atoms with E-state index in [2.05, 4.69) is 15.0 Å². The van der Waals surface area contributed by atoms with Gasteiger partial charge in [0.2, 0.25) is 17.3 Å². The van der Waals surface area contributed by atoms with Gasteiger partial charge in [-0.05, 0) is 99.2 Å². The fraction of sp³-hybridized carbons (Fsp3) is 0.286. The number of halogens is 4. The highest BCUT2D eigenvalue weighted by atomic mass is 35.5. The van der Waals surface area contributed by atoms with E-state index in [0.717, 1.165) is 11.1 Å². The van der Waals surface area contributed by atoms with Gasteiger partial charge in [0, 0.05) is 11.1 Å². The van der Waals surface area contributed by atoms with Crippen molar-refractivity contribution in [2.75, 3.05) is 6.54 Å². The molecule has 0 bridgehead atoms. The number of carboxylic acids is 1. The lowest BCUT2D eigenvalue weighted by Gasteiger charge is -2.21. The molecule has 0 saturated carbocycles. The number of nitrogens with two attached hydrogens (primary N) is 1. The number of aromatic hydroxyl groups is 2. The summed E-state index contributed by atoms with van der Waals surface area (Å²) in [5.74, 6) is 0.640. The van der Waals surface area contributed by atoms with E-state index in [1.165, 1.54) is 50.2 Å². The van der Waals surface area contributed by atoms with Gasteiger partial charge in [-0.2, -0.15) is 0 Å². The number of ketones is 1. The number of nitrogen functional groups attached to an aromatic ring is 1. The average molecular weight is 906 g/mol. The maximum absolute atomic E-state index is 12.6. The van der Waals surface area contributed by atoms with Crippen molar-refractivity contribution in [1.29, 1.82) is 0 Å². The van der Waals surface area contributed by atoms with Crippen molar-refractivity contribution in [1.82, 2.24) is 10.7 Å². The molecule has 4 aromatic rings. The van der Waals surface area contributed by atoms with E-state index in [4.69, 9.17) is 75.6 Å². The first-order valence-electron chi connectivity index (χ1n) is 17.4. The molecule has 4 atom stereocenters. The van der Waals surface area contributed by atoms with Gasteiger partial charge < -0.3 is 30.8 Å². The van der Waals surface area contributed by atoms with Gasteiger partial charge in [0.05, 0.1) is 63.8 Å². The molecule has 4 aromatic carbocycles. The number of nitrogens with zero attached hydrogens (tertiary/aromatic N) is 2. The van der Waals surface area contributed by atoms with Gasteiger partial charge in [0.1, 0.15) is 11.5 Å². The number of carbonyl (C=O) groups excluding carboxylic acids is 3. The van der Waals surface area contributed by atoms with Crippen LogP contribution in [-0.2, 0) is 22.4 Å². The van der Waals surface area contributed by atoms with Crippen LogP contribution in [0.2, 0.25) is 20.1 Å². The molecule has 9 N–H and O–H groups in total. The quantitative estimate of drug-likeness (QED) is 0.0223. The van der Waals surface area contributed by atoms with Crippen molar-refractivity contribution < 1.29 is 44.7 Å². The molecule has 0 unspecified atom stereocenters. The summed E-state index contributed by atoms with van der Waals surface area (Å²) in [6.07, 6.45) is -1.52. The van der Waals surface area contributed by atoms with E-state index in [-0.39, 0.29) is 59.7 Å². The third kappa shape index (κ3) is 14.7. The van der Waals surface area contributed by atoms with E-state index >= 15 is 0 Å². The maximum atomic E-state index is 12.6. The number of phenolic OH excluding ortho intramolecular Hbond substituents is 2. The van der Waals surface area contributed by atoms with E-state index < -0.39 is 41.8 Å². The topological polar surface area (TPSA) is 228 Å². The number of rotatable bonds is 12. The third-order valence-electron chi connectivity index (χ3n) is 8.93. The van der Waals surface area contributed by atoms with Crippen LogP contribution in [0.1, 0.15) is 64.2 Å². The number of hydrazine groups is 1. The second-order valence-electron chi connectivity index (χ2n) is 13.0.